The monoisotopic (exact) mass is 323 g/mol. The minimum absolute atomic E-state index is 0.0981. The van der Waals surface area contributed by atoms with Gasteiger partial charge in [0.2, 0.25) is 5.91 Å². The van der Waals surface area contributed by atoms with E-state index in [0.29, 0.717) is 32.1 Å². The molecule has 0 radical (unpaired) electrons. The Hall–Kier alpha value is -1.98. The van der Waals surface area contributed by atoms with E-state index < -0.39 is 0 Å². The van der Waals surface area contributed by atoms with Crippen LogP contribution in [0.4, 0.5) is 4.79 Å². The Labute approximate surface area is 138 Å². The van der Waals surface area contributed by atoms with E-state index in [1.165, 1.54) is 6.92 Å². The van der Waals surface area contributed by atoms with Crippen LogP contribution >= 0.6 is 0 Å². The van der Waals surface area contributed by atoms with Gasteiger partial charge in [-0.05, 0) is 37.8 Å². The van der Waals surface area contributed by atoms with Gasteiger partial charge in [0.05, 0.1) is 6.54 Å². The van der Waals surface area contributed by atoms with Gasteiger partial charge in [-0.15, -0.1) is 0 Å². The third-order valence-electron chi connectivity index (χ3n) is 3.41. The molecule has 0 aromatic carbocycles. The molecule has 0 fully saturated rings. The van der Waals surface area contributed by atoms with E-state index >= 15 is 0 Å². The molecule has 0 aliphatic rings. The van der Waals surface area contributed by atoms with Crippen LogP contribution in [-0.2, 0) is 11.3 Å². The van der Waals surface area contributed by atoms with E-state index in [1.807, 2.05) is 19.1 Å². The summed E-state index contributed by atoms with van der Waals surface area (Å²) >= 11 is 0. The molecule has 1 aromatic heterocycles. The first kappa shape index (κ1) is 19.1. The summed E-state index contributed by atoms with van der Waals surface area (Å²) < 4.78 is 5.57. The molecule has 0 unspecified atom stereocenters. The molecule has 0 aliphatic carbocycles. The van der Waals surface area contributed by atoms with Crippen LogP contribution in [0.5, 0.6) is 0 Å². The molecule has 0 aliphatic heterocycles. The third-order valence-corrected chi connectivity index (χ3v) is 3.41. The average molecular weight is 323 g/mol. The quantitative estimate of drug-likeness (QED) is 0.686. The predicted molar refractivity (Wildman–Crippen MR) is 90.0 cm³/mol. The van der Waals surface area contributed by atoms with Crippen molar-refractivity contribution in [1.29, 1.82) is 0 Å². The van der Waals surface area contributed by atoms with Gasteiger partial charge in [-0.3, -0.25) is 4.79 Å². The van der Waals surface area contributed by atoms with Gasteiger partial charge in [-0.25, -0.2) is 4.79 Å². The van der Waals surface area contributed by atoms with Crippen molar-refractivity contribution < 1.29 is 14.0 Å². The second-order valence-corrected chi connectivity index (χ2v) is 6.18. The van der Waals surface area contributed by atoms with E-state index in [4.69, 9.17) is 4.42 Å². The number of carbonyl (C=O) groups excluding carboxylic acids is 2. The maximum absolute atomic E-state index is 12.3. The van der Waals surface area contributed by atoms with E-state index in [0.717, 1.165) is 24.4 Å². The van der Waals surface area contributed by atoms with Gasteiger partial charge in [0.1, 0.15) is 11.5 Å². The lowest BCUT2D eigenvalue weighted by Gasteiger charge is -2.22. The lowest BCUT2D eigenvalue weighted by Crippen LogP contribution is -2.43. The van der Waals surface area contributed by atoms with E-state index in [-0.39, 0.29) is 11.9 Å². The fourth-order valence-electron chi connectivity index (χ4n) is 2.22. The number of nitrogens with zero attached hydrogens (tertiary/aromatic N) is 1. The molecular weight excluding hydrogens is 294 g/mol. The van der Waals surface area contributed by atoms with Crippen LogP contribution in [0.25, 0.3) is 0 Å². The van der Waals surface area contributed by atoms with Gasteiger partial charge in [-0.2, -0.15) is 0 Å². The van der Waals surface area contributed by atoms with Gasteiger partial charge in [0.25, 0.3) is 0 Å². The summed E-state index contributed by atoms with van der Waals surface area (Å²) in [5, 5.41) is 5.49. The van der Waals surface area contributed by atoms with E-state index in [1.54, 1.807) is 4.90 Å². The molecule has 3 amide bonds. The first-order valence-electron chi connectivity index (χ1n) is 8.21. The Morgan fingerprint density at radius 2 is 1.91 bits per heavy atom. The lowest BCUT2D eigenvalue weighted by atomic mass is 10.1. The minimum Gasteiger partial charge on any atom is -0.464 e. The van der Waals surface area contributed by atoms with Crippen LogP contribution in [0.1, 0.15) is 45.1 Å². The summed E-state index contributed by atoms with van der Waals surface area (Å²) in [4.78, 5) is 24.9. The number of rotatable bonds is 9. The first-order chi connectivity index (χ1) is 10.9. The van der Waals surface area contributed by atoms with Crippen molar-refractivity contribution in [3.63, 3.8) is 0 Å². The number of amides is 3. The number of furan rings is 1. The zero-order chi connectivity index (χ0) is 17.2. The summed E-state index contributed by atoms with van der Waals surface area (Å²) in [5.74, 6) is 2.14. The molecule has 0 saturated heterocycles. The van der Waals surface area contributed by atoms with E-state index in [2.05, 4.69) is 24.5 Å². The van der Waals surface area contributed by atoms with Crippen molar-refractivity contribution in [2.45, 2.75) is 47.1 Å². The maximum atomic E-state index is 12.3. The molecule has 1 aromatic rings. The molecule has 0 spiro atoms. The van der Waals surface area contributed by atoms with Gasteiger partial charge in [0, 0.05) is 26.6 Å². The van der Waals surface area contributed by atoms with Crippen molar-refractivity contribution in [2.24, 2.45) is 5.92 Å². The maximum Gasteiger partial charge on any atom is 0.317 e. The largest absolute Gasteiger partial charge is 0.464 e. The van der Waals surface area contributed by atoms with Crippen molar-refractivity contribution in [3.05, 3.63) is 23.7 Å². The number of aryl methyl sites for hydroxylation is 1. The number of hydrogen-bond acceptors (Lipinski definition) is 3. The number of hydrogen-bond donors (Lipinski definition) is 2. The van der Waals surface area contributed by atoms with Crippen LogP contribution in [0.2, 0.25) is 0 Å². The molecule has 1 rings (SSSR count). The summed E-state index contributed by atoms with van der Waals surface area (Å²) in [6.45, 7) is 9.68. The molecule has 0 saturated carbocycles. The fraction of sp³-hybridized carbons (Fsp3) is 0.647. The highest BCUT2D eigenvalue weighted by molar-refractivity contribution is 5.74. The van der Waals surface area contributed by atoms with Crippen molar-refractivity contribution in [1.82, 2.24) is 15.5 Å². The van der Waals surface area contributed by atoms with Crippen LogP contribution in [0.3, 0.4) is 0 Å². The summed E-state index contributed by atoms with van der Waals surface area (Å²) in [6.07, 6.45) is 2.03. The molecule has 6 heteroatoms. The molecule has 23 heavy (non-hydrogen) atoms. The normalized spacial score (nSPS) is 10.7. The Bertz CT molecular complexity index is 497. The Morgan fingerprint density at radius 3 is 2.48 bits per heavy atom. The van der Waals surface area contributed by atoms with Crippen molar-refractivity contribution >= 4 is 11.9 Å². The minimum atomic E-state index is -0.131. The Kier molecular flexibility index (Phi) is 8.22. The predicted octanol–water partition coefficient (Wildman–Crippen LogP) is 2.67. The smallest absolute Gasteiger partial charge is 0.317 e. The number of carbonyl (C=O) groups is 2. The first-order valence-corrected chi connectivity index (χ1v) is 8.21. The summed E-state index contributed by atoms with van der Waals surface area (Å²) in [5.41, 5.74) is 0. The summed E-state index contributed by atoms with van der Waals surface area (Å²) in [7, 11) is 0. The highest BCUT2D eigenvalue weighted by Crippen LogP contribution is 2.12. The highest BCUT2D eigenvalue weighted by Gasteiger charge is 2.15. The number of urea groups is 1. The fourth-order valence-corrected chi connectivity index (χ4v) is 2.22. The van der Waals surface area contributed by atoms with Crippen LogP contribution in [0.15, 0.2) is 16.5 Å². The Balaban J connectivity index is 2.50. The molecule has 130 valence electrons. The van der Waals surface area contributed by atoms with Crippen molar-refractivity contribution in [2.75, 3.05) is 19.6 Å². The molecule has 0 atom stereocenters. The van der Waals surface area contributed by atoms with Gasteiger partial charge in [0.15, 0.2) is 0 Å². The third kappa shape index (κ3) is 8.28. The van der Waals surface area contributed by atoms with Gasteiger partial charge < -0.3 is 20.0 Å². The SMILES string of the molecule is CC(=O)NCCNC(=O)N(CCCC(C)C)Cc1ccc(C)o1. The second kappa shape index (κ2) is 9.92. The standard InChI is InChI=1S/C17H29N3O3/c1-13(2)6-5-11-20(12-16-8-7-14(3)23-16)17(22)19-10-9-18-15(4)21/h7-8,13H,5-6,9-12H2,1-4H3,(H,18,21)(H,19,22). The highest BCUT2D eigenvalue weighted by atomic mass is 16.3. The molecular formula is C17H29N3O3. The molecule has 2 N–H and O–H groups in total. The zero-order valence-electron chi connectivity index (χ0n) is 14.6. The van der Waals surface area contributed by atoms with E-state index in [9.17, 15) is 9.59 Å². The topological polar surface area (TPSA) is 74.6 Å². The van der Waals surface area contributed by atoms with Crippen molar-refractivity contribution in [3.8, 4) is 0 Å². The Morgan fingerprint density at radius 1 is 1.22 bits per heavy atom. The van der Waals surface area contributed by atoms with Gasteiger partial charge in [-0.1, -0.05) is 13.8 Å². The lowest BCUT2D eigenvalue weighted by molar-refractivity contribution is -0.118. The number of nitrogens with one attached hydrogen (secondary N) is 2. The second-order valence-electron chi connectivity index (χ2n) is 6.18. The summed E-state index contributed by atoms with van der Waals surface area (Å²) in [6, 6.07) is 3.67. The van der Waals surface area contributed by atoms with Crippen LogP contribution < -0.4 is 10.6 Å². The molecule has 0 bridgehead atoms. The average Bonchev–Trinajstić information content (AvgIpc) is 2.87. The van der Waals surface area contributed by atoms with Gasteiger partial charge >= 0.3 is 6.03 Å². The zero-order valence-corrected chi connectivity index (χ0v) is 14.6. The van der Waals surface area contributed by atoms with Crippen LogP contribution in [0, 0.1) is 12.8 Å². The molecule has 1 heterocycles. The molecule has 6 nitrogen and oxygen atoms in total. The van der Waals surface area contributed by atoms with Crippen LogP contribution in [-0.4, -0.2) is 36.5 Å².